The Morgan fingerprint density at radius 3 is 2.23 bits per heavy atom. The van der Waals surface area contributed by atoms with Gasteiger partial charge in [-0.05, 0) is 68.6 Å². The SMILES string of the molecule is Cn1cc(C[C@@H]2CC(=O)[C@@H](CCCN=C(N)N)NC(=O)[C@@H](Cc3ccccc3)NC(=O)[C@@H](NC(=O)COCCOCCOCCNC(=O)CCCC[C@@H]3SC[C@@H]4NC(=O)N[C@@H]43)Cc3cn(nn3)CCCC[C@@H](C(N)=O)NC(=O)[C@@H](CO)NC2=O)c2ccccc21. The normalized spacial score (nSPS) is 23.0. The Morgan fingerprint density at radius 2 is 1.47 bits per heavy atom. The lowest BCUT2D eigenvalue weighted by atomic mass is 9.89. The van der Waals surface area contributed by atoms with Crippen molar-refractivity contribution < 1.29 is 62.5 Å². The number of nitrogens with zero attached hydrogens (tertiary/aromatic N) is 5. The molecular formula is C60H86N16O13S. The number of ketones is 1. The first kappa shape index (κ1) is 69.3. The molecule has 7 rings (SSSR count). The van der Waals surface area contributed by atoms with Gasteiger partial charge in [0.1, 0.15) is 30.8 Å². The zero-order valence-corrected chi connectivity index (χ0v) is 51.6. The number of aryl methyl sites for hydroxylation is 2. The standard InChI is InChI=1S/C60H86N16O13S/c1-75-32-39(41-14-5-6-17-48(41)75)29-38-30-49(78)42(16-11-20-65-59(62)63)67-56(83)44(28-37-12-3-2-4-13-37)69-57(84)45(31-40-33-76(74-73-40)22-10-9-15-43(54(61)81)68-58(85)46(34-77)70-55(38)82)66-52(80)35-89-27-26-88-25-24-87-23-21-64-51(79)19-8-7-18-50-53-47(36-90-50)71-60(86)72-53/h2-6,12-14,17,32-33,38,42-47,50,53,77H,7-11,15-16,18-31,34-36H2,1H3,(H2,61,81)(H,64,79)(H,66,80)(H,67,83)(H,68,85)(H,69,84)(H,70,82)(H4,62,63,65)(H2,71,72,86)/t38-,42-,43+,44-,45+,46-,47+,50+,53+/m1/s1. The molecule has 3 aliphatic heterocycles. The number of urea groups is 1. The van der Waals surface area contributed by atoms with Crippen LogP contribution in [-0.4, -0.2) is 196 Å². The van der Waals surface area contributed by atoms with Crippen molar-refractivity contribution in [3.05, 3.63) is 83.8 Å². The highest BCUT2D eigenvalue weighted by Crippen LogP contribution is 2.33. The Labute approximate surface area is 526 Å². The number of rotatable bonds is 27. The fourth-order valence-corrected chi connectivity index (χ4v) is 12.6. The Morgan fingerprint density at radius 1 is 0.744 bits per heavy atom. The lowest BCUT2D eigenvalue weighted by Crippen LogP contribution is -2.57. The van der Waals surface area contributed by atoms with Crippen LogP contribution in [0, 0.1) is 5.92 Å². The van der Waals surface area contributed by atoms with Gasteiger partial charge in [-0.3, -0.25) is 48.0 Å². The fourth-order valence-electron chi connectivity index (χ4n) is 11.0. The van der Waals surface area contributed by atoms with Gasteiger partial charge in [0.15, 0.2) is 11.7 Å². The average molecular weight is 1270 g/mol. The minimum Gasteiger partial charge on any atom is -0.394 e. The van der Waals surface area contributed by atoms with Gasteiger partial charge in [0.2, 0.25) is 41.4 Å². The van der Waals surface area contributed by atoms with Crippen molar-refractivity contribution in [2.75, 3.05) is 65.1 Å². The van der Waals surface area contributed by atoms with Gasteiger partial charge in [-0.2, -0.15) is 11.8 Å². The van der Waals surface area contributed by atoms with E-state index < -0.39 is 97.0 Å². The van der Waals surface area contributed by atoms with Crippen LogP contribution >= 0.6 is 11.8 Å². The maximum atomic E-state index is 14.9. The summed E-state index contributed by atoms with van der Waals surface area (Å²) in [6, 6.07) is 9.76. The summed E-state index contributed by atoms with van der Waals surface area (Å²) < 4.78 is 20.2. The van der Waals surface area contributed by atoms with Gasteiger partial charge in [0, 0.05) is 92.6 Å². The second kappa shape index (κ2) is 35.9. The van der Waals surface area contributed by atoms with E-state index in [1.165, 1.54) is 4.68 Å². The average Bonchev–Trinajstić information content (AvgIpc) is 2.17. The number of thioether (sulfide) groups is 1. The summed E-state index contributed by atoms with van der Waals surface area (Å²) in [5, 5.41) is 42.4. The minimum absolute atomic E-state index is 0.0103. The molecule has 3 aliphatic rings. The number of carbonyl (C=O) groups excluding carboxylic acids is 9. The highest BCUT2D eigenvalue weighted by molar-refractivity contribution is 8.00. The number of hydrogen-bond donors (Lipinski definition) is 12. The summed E-state index contributed by atoms with van der Waals surface area (Å²) in [6.45, 7) is 0.216. The molecule has 490 valence electrons. The maximum absolute atomic E-state index is 14.9. The number of Topliss-reactive ketones (excluding diaryl/α,β-unsaturated/α-hetero) is 1. The van der Waals surface area contributed by atoms with E-state index in [1.807, 2.05) is 53.8 Å². The van der Waals surface area contributed by atoms with E-state index in [9.17, 15) is 48.3 Å². The number of para-hydroxylation sites is 1. The molecule has 2 saturated heterocycles. The number of primary amides is 1. The number of aliphatic hydroxyl groups is 1. The molecule has 0 unspecified atom stereocenters. The summed E-state index contributed by atoms with van der Waals surface area (Å²) in [5.41, 5.74) is 19.5. The zero-order chi connectivity index (χ0) is 64.4. The monoisotopic (exact) mass is 1270 g/mol. The number of nitrogens with one attached hydrogen (secondary N) is 8. The quantitative estimate of drug-likeness (QED) is 0.0138. The van der Waals surface area contributed by atoms with Crippen LogP contribution in [0.4, 0.5) is 4.79 Å². The predicted molar refractivity (Wildman–Crippen MR) is 333 cm³/mol. The number of aliphatic imine (C=N–C) groups is 1. The van der Waals surface area contributed by atoms with E-state index in [4.69, 9.17) is 31.4 Å². The molecule has 9 atom stereocenters. The van der Waals surface area contributed by atoms with Gasteiger partial charge >= 0.3 is 6.03 Å². The molecule has 2 bridgehead atoms. The summed E-state index contributed by atoms with van der Waals surface area (Å²) in [7, 11) is 1.83. The van der Waals surface area contributed by atoms with Crippen molar-refractivity contribution in [2.45, 2.75) is 138 Å². The van der Waals surface area contributed by atoms with Crippen LogP contribution in [-0.2, 0) is 85.4 Å². The lowest BCUT2D eigenvalue weighted by molar-refractivity contribution is -0.136. The molecule has 2 aromatic heterocycles. The number of fused-ring (bicyclic) bond motifs is 4. The van der Waals surface area contributed by atoms with Gasteiger partial charge < -0.3 is 83.6 Å². The van der Waals surface area contributed by atoms with Crippen molar-refractivity contribution in [3.63, 3.8) is 0 Å². The van der Waals surface area contributed by atoms with E-state index >= 15 is 0 Å². The topological polar surface area (TPSA) is 424 Å². The summed E-state index contributed by atoms with van der Waals surface area (Å²) in [6.07, 6.45) is 6.62. The van der Waals surface area contributed by atoms with Crippen LogP contribution in [0.1, 0.15) is 81.0 Å². The maximum Gasteiger partial charge on any atom is 0.315 e. The molecule has 0 aliphatic carbocycles. The summed E-state index contributed by atoms with van der Waals surface area (Å²) in [5.74, 6) is -5.88. The number of amides is 9. The van der Waals surface area contributed by atoms with E-state index in [2.05, 4.69) is 57.8 Å². The highest BCUT2D eigenvalue weighted by Gasteiger charge is 2.43. The van der Waals surface area contributed by atoms with Crippen LogP contribution in [0.25, 0.3) is 10.9 Å². The smallest absolute Gasteiger partial charge is 0.315 e. The van der Waals surface area contributed by atoms with E-state index in [-0.39, 0.29) is 115 Å². The molecule has 0 radical (unpaired) electrons. The molecule has 30 heteroatoms. The Bertz CT molecular complexity index is 3090. The molecule has 9 amide bonds. The number of aliphatic hydroxyl groups excluding tert-OH is 1. The first-order valence-electron chi connectivity index (χ1n) is 30.6. The number of guanidine groups is 1. The molecule has 4 aromatic rings. The Balaban J connectivity index is 1.00. The van der Waals surface area contributed by atoms with Crippen LogP contribution in [0.3, 0.4) is 0 Å². The molecule has 90 heavy (non-hydrogen) atoms. The van der Waals surface area contributed by atoms with Crippen molar-refractivity contribution in [2.24, 2.45) is 35.2 Å². The third-order valence-electron chi connectivity index (χ3n) is 15.7. The molecule has 0 spiro atoms. The van der Waals surface area contributed by atoms with Crippen molar-refractivity contribution in [1.29, 1.82) is 0 Å². The van der Waals surface area contributed by atoms with Gasteiger partial charge in [0.05, 0.1) is 63.5 Å². The molecule has 5 heterocycles. The lowest BCUT2D eigenvalue weighted by Gasteiger charge is -2.27. The van der Waals surface area contributed by atoms with Crippen LogP contribution in [0.15, 0.2) is 72.0 Å². The Hall–Kier alpha value is -8.19. The number of benzene rings is 2. The predicted octanol–water partition coefficient (Wildman–Crippen LogP) is -1.60. The first-order chi connectivity index (χ1) is 43.4. The van der Waals surface area contributed by atoms with E-state index in [0.717, 1.165) is 35.9 Å². The largest absolute Gasteiger partial charge is 0.394 e. The number of nitrogens with two attached hydrogens (primary N) is 3. The second-order valence-corrected chi connectivity index (χ2v) is 23.9. The molecular weight excluding hydrogens is 1180 g/mol. The van der Waals surface area contributed by atoms with Crippen LogP contribution < -0.4 is 59.7 Å². The van der Waals surface area contributed by atoms with Crippen LogP contribution in [0.2, 0.25) is 0 Å². The fraction of sp³-hybridized carbons (Fsp3) is 0.567. The number of aromatic nitrogens is 4. The van der Waals surface area contributed by atoms with Gasteiger partial charge in [0.25, 0.3) is 0 Å². The second-order valence-electron chi connectivity index (χ2n) is 22.6. The van der Waals surface area contributed by atoms with Gasteiger partial charge in [-0.15, -0.1) is 5.10 Å². The molecule has 2 aromatic carbocycles. The van der Waals surface area contributed by atoms with E-state index in [0.29, 0.717) is 47.9 Å². The highest BCUT2D eigenvalue weighted by atomic mass is 32.2. The minimum atomic E-state index is -1.56. The molecule has 15 N–H and O–H groups in total. The van der Waals surface area contributed by atoms with E-state index in [1.54, 1.807) is 36.5 Å². The first-order valence-corrected chi connectivity index (χ1v) is 31.6. The Kier molecular flexibility index (Phi) is 27.6. The number of carbonyl (C=O) groups is 9. The number of ether oxygens (including phenoxy) is 3. The van der Waals surface area contributed by atoms with Crippen molar-refractivity contribution >= 4 is 81.8 Å². The molecule has 0 saturated carbocycles. The third kappa shape index (κ3) is 22.1. The number of hydrogen-bond acceptors (Lipinski definition) is 17. The van der Waals surface area contributed by atoms with Crippen molar-refractivity contribution in [3.8, 4) is 0 Å². The van der Waals surface area contributed by atoms with Crippen LogP contribution in [0.5, 0.6) is 0 Å². The van der Waals surface area contributed by atoms with Crippen molar-refractivity contribution in [1.82, 2.24) is 62.1 Å². The zero-order valence-electron chi connectivity index (χ0n) is 50.7. The number of unbranched alkanes of at least 4 members (excludes halogenated alkanes) is 1. The third-order valence-corrected chi connectivity index (χ3v) is 17.2. The summed E-state index contributed by atoms with van der Waals surface area (Å²) >= 11 is 1.85. The molecule has 2 fully saturated rings. The van der Waals surface area contributed by atoms with Gasteiger partial charge in [-0.25, -0.2) is 4.79 Å². The molecule has 29 nitrogen and oxygen atoms in total. The summed E-state index contributed by atoms with van der Waals surface area (Å²) in [4.78, 5) is 127. The van der Waals surface area contributed by atoms with Gasteiger partial charge in [-0.1, -0.05) is 60.2 Å².